The van der Waals surface area contributed by atoms with Crippen molar-refractivity contribution in [2.45, 2.75) is 20.3 Å². The number of hydrogen-bond acceptors (Lipinski definition) is 3. The van der Waals surface area contributed by atoms with E-state index in [2.05, 4.69) is 6.92 Å². The van der Waals surface area contributed by atoms with Gasteiger partial charge in [0.25, 0.3) is 5.91 Å². The third kappa shape index (κ3) is 4.50. The quantitative estimate of drug-likeness (QED) is 0.922. The summed E-state index contributed by atoms with van der Waals surface area (Å²) in [6.45, 7) is 6.16. The van der Waals surface area contributed by atoms with Gasteiger partial charge in [0.05, 0.1) is 0 Å². The molecular formula is C15H22Cl2N2O2. The molecule has 1 aromatic carbocycles. The van der Waals surface area contributed by atoms with Gasteiger partial charge in [-0.05, 0) is 49.1 Å². The maximum Gasteiger partial charge on any atom is 0.260 e. The van der Waals surface area contributed by atoms with E-state index in [1.54, 1.807) is 12.1 Å². The minimum absolute atomic E-state index is 0. The molecule has 118 valence electrons. The minimum Gasteiger partial charge on any atom is -0.483 e. The number of ether oxygens (including phenoxy) is 1. The first-order valence-corrected chi connectivity index (χ1v) is 7.18. The molecule has 21 heavy (non-hydrogen) atoms. The van der Waals surface area contributed by atoms with Crippen LogP contribution in [0.25, 0.3) is 0 Å². The standard InChI is InChI=1S/C15H21ClN2O2.ClH/c1-11-7-12(16)3-4-13(11)20-8-14(19)18-6-5-15(2,9-17)10-18;/h3-4,7H,5-6,8-10,17H2,1-2H3;1H. The van der Waals surface area contributed by atoms with E-state index in [1.165, 1.54) is 0 Å². The van der Waals surface area contributed by atoms with Crippen LogP contribution in [-0.4, -0.2) is 37.0 Å². The van der Waals surface area contributed by atoms with E-state index in [9.17, 15) is 4.79 Å². The second-order valence-corrected chi connectivity index (χ2v) is 6.22. The molecule has 0 saturated carbocycles. The molecular weight excluding hydrogens is 311 g/mol. The normalized spacial score (nSPS) is 21.0. The first-order chi connectivity index (χ1) is 9.43. The summed E-state index contributed by atoms with van der Waals surface area (Å²) in [5.74, 6) is 0.708. The fourth-order valence-corrected chi connectivity index (χ4v) is 2.64. The molecule has 1 heterocycles. The number of benzene rings is 1. The average molecular weight is 333 g/mol. The number of hydrogen-bond donors (Lipinski definition) is 1. The van der Waals surface area contributed by atoms with Crippen LogP contribution in [0.1, 0.15) is 18.9 Å². The highest BCUT2D eigenvalue weighted by molar-refractivity contribution is 6.30. The van der Waals surface area contributed by atoms with Crippen molar-refractivity contribution >= 4 is 29.9 Å². The second-order valence-electron chi connectivity index (χ2n) is 5.78. The molecule has 0 radical (unpaired) electrons. The number of amides is 1. The Bertz CT molecular complexity index is 510. The van der Waals surface area contributed by atoms with Gasteiger partial charge in [-0.25, -0.2) is 0 Å². The van der Waals surface area contributed by atoms with E-state index in [-0.39, 0.29) is 30.3 Å². The Labute approximate surface area is 137 Å². The summed E-state index contributed by atoms with van der Waals surface area (Å²) in [4.78, 5) is 14.0. The van der Waals surface area contributed by atoms with Crippen LogP contribution in [0.2, 0.25) is 5.02 Å². The van der Waals surface area contributed by atoms with Gasteiger partial charge in [0, 0.05) is 18.1 Å². The lowest BCUT2D eigenvalue weighted by Gasteiger charge is -2.22. The molecule has 1 fully saturated rings. The summed E-state index contributed by atoms with van der Waals surface area (Å²) in [5.41, 5.74) is 6.72. The van der Waals surface area contributed by atoms with Crippen LogP contribution >= 0.6 is 24.0 Å². The van der Waals surface area contributed by atoms with Crippen molar-refractivity contribution in [3.8, 4) is 5.75 Å². The Kier molecular flexibility index (Phi) is 6.32. The molecule has 1 amide bonds. The van der Waals surface area contributed by atoms with Gasteiger partial charge in [-0.1, -0.05) is 18.5 Å². The summed E-state index contributed by atoms with van der Waals surface area (Å²) in [6.07, 6.45) is 0.954. The van der Waals surface area contributed by atoms with E-state index >= 15 is 0 Å². The summed E-state index contributed by atoms with van der Waals surface area (Å²) < 4.78 is 5.59. The van der Waals surface area contributed by atoms with Gasteiger partial charge >= 0.3 is 0 Å². The maximum absolute atomic E-state index is 12.1. The van der Waals surface area contributed by atoms with Crippen LogP contribution in [0, 0.1) is 12.3 Å². The molecule has 4 nitrogen and oxygen atoms in total. The molecule has 2 N–H and O–H groups in total. The van der Waals surface area contributed by atoms with Crippen LogP contribution in [0.3, 0.4) is 0 Å². The molecule has 2 rings (SSSR count). The van der Waals surface area contributed by atoms with Crippen LogP contribution in [0.15, 0.2) is 18.2 Å². The number of carbonyl (C=O) groups excluding carboxylic acids is 1. The number of nitrogens with zero attached hydrogens (tertiary/aromatic N) is 1. The fraction of sp³-hybridized carbons (Fsp3) is 0.533. The number of rotatable bonds is 4. The van der Waals surface area contributed by atoms with Crippen molar-refractivity contribution in [1.82, 2.24) is 4.90 Å². The van der Waals surface area contributed by atoms with Crippen LogP contribution in [-0.2, 0) is 4.79 Å². The van der Waals surface area contributed by atoms with E-state index in [0.717, 1.165) is 18.5 Å². The third-order valence-electron chi connectivity index (χ3n) is 3.89. The molecule has 1 aliphatic heterocycles. The first kappa shape index (κ1) is 18.1. The summed E-state index contributed by atoms with van der Waals surface area (Å²) >= 11 is 5.89. The topological polar surface area (TPSA) is 55.6 Å². The van der Waals surface area contributed by atoms with E-state index < -0.39 is 0 Å². The molecule has 1 aromatic rings. The molecule has 0 aliphatic carbocycles. The lowest BCUT2D eigenvalue weighted by molar-refractivity contribution is -0.132. The SMILES string of the molecule is Cc1cc(Cl)ccc1OCC(=O)N1CCC(C)(CN)C1.Cl. The molecule has 6 heteroatoms. The lowest BCUT2D eigenvalue weighted by atomic mass is 9.90. The molecule has 0 bridgehead atoms. The predicted molar refractivity (Wildman–Crippen MR) is 87.3 cm³/mol. The zero-order chi connectivity index (χ0) is 14.8. The van der Waals surface area contributed by atoms with Crippen LogP contribution in [0.5, 0.6) is 5.75 Å². The zero-order valence-electron chi connectivity index (χ0n) is 12.4. The Balaban J connectivity index is 0.00000220. The first-order valence-electron chi connectivity index (χ1n) is 6.80. The fourth-order valence-electron chi connectivity index (χ4n) is 2.41. The van der Waals surface area contributed by atoms with Gasteiger partial charge in [0.15, 0.2) is 6.61 Å². The molecule has 0 aromatic heterocycles. The summed E-state index contributed by atoms with van der Waals surface area (Å²) in [5, 5.41) is 0.666. The summed E-state index contributed by atoms with van der Waals surface area (Å²) in [6, 6.07) is 5.37. The number of likely N-dealkylation sites (tertiary alicyclic amines) is 1. The predicted octanol–water partition coefficient (Wildman–Crippen LogP) is 2.65. The van der Waals surface area contributed by atoms with E-state index in [0.29, 0.717) is 23.9 Å². The van der Waals surface area contributed by atoms with Crippen molar-refractivity contribution in [2.75, 3.05) is 26.2 Å². The highest BCUT2D eigenvalue weighted by atomic mass is 35.5. The van der Waals surface area contributed by atoms with Gasteiger partial charge in [-0.3, -0.25) is 4.79 Å². The smallest absolute Gasteiger partial charge is 0.260 e. The van der Waals surface area contributed by atoms with Gasteiger partial charge in [0.2, 0.25) is 0 Å². The van der Waals surface area contributed by atoms with Gasteiger partial charge < -0.3 is 15.4 Å². The monoisotopic (exact) mass is 332 g/mol. The molecule has 1 unspecified atom stereocenters. The number of halogens is 2. The largest absolute Gasteiger partial charge is 0.483 e. The highest BCUT2D eigenvalue weighted by Crippen LogP contribution is 2.28. The Morgan fingerprint density at radius 2 is 2.24 bits per heavy atom. The van der Waals surface area contributed by atoms with Crippen molar-refractivity contribution in [1.29, 1.82) is 0 Å². The van der Waals surface area contributed by atoms with Gasteiger partial charge in [-0.2, -0.15) is 0 Å². The van der Waals surface area contributed by atoms with Crippen molar-refractivity contribution in [3.63, 3.8) is 0 Å². The second kappa shape index (κ2) is 7.34. The van der Waals surface area contributed by atoms with E-state index in [4.69, 9.17) is 22.1 Å². The van der Waals surface area contributed by atoms with Crippen molar-refractivity contribution in [2.24, 2.45) is 11.1 Å². The Hall–Kier alpha value is -0.970. The average Bonchev–Trinajstić information content (AvgIpc) is 2.81. The van der Waals surface area contributed by atoms with Crippen molar-refractivity contribution in [3.05, 3.63) is 28.8 Å². The van der Waals surface area contributed by atoms with Crippen LogP contribution < -0.4 is 10.5 Å². The zero-order valence-corrected chi connectivity index (χ0v) is 14.0. The van der Waals surface area contributed by atoms with Gasteiger partial charge in [-0.15, -0.1) is 12.4 Å². The molecule has 0 spiro atoms. The Morgan fingerprint density at radius 1 is 1.52 bits per heavy atom. The van der Waals surface area contributed by atoms with Crippen LogP contribution in [0.4, 0.5) is 0 Å². The van der Waals surface area contributed by atoms with E-state index in [1.807, 2.05) is 17.9 Å². The highest BCUT2D eigenvalue weighted by Gasteiger charge is 2.34. The third-order valence-corrected chi connectivity index (χ3v) is 4.13. The molecule has 1 atom stereocenters. The molecule has 1 saturated heterocycles. The molecule has 1 aliphatic rings. The van der Waals surface area contributed by atoms with Gasteiger partial charge in [0.1, 0.15) is 5.75 Å². The summed E-state index contributed by atoms with van der Waals surface area (Å²) in [7, 11) is 0. The van der Waals surface area contributed by atoms with Crippen molar-refractivity contribution < 1.29 is 9.53 Å². The maximum atomic E-state index is 12.1. The number of aryl methyl sites for hydroxylation is 1. The Morgan fingerprint density at radius 3 is 2.81 bits per heavy atom. The number of carbonyl (C=O) groups is 1. The number of nitrogens with two attached hydrogens (primary N) is 1. The minimum atomic E-state index is 0. The lowest BCUT2D eigenvalue weighted by Crippen LogP contribution is -2.36.